The number of hydrogen-bond acceptors (Lipinski definition) is 6. The van der Waals surface area contributed by atoms with Gasteiger partial charge in [-0.2, -0.15) is 0 Å². The Morgan fingerprint density at radius 2 is 2.26 bits per heavy atom. The molecule has 1 N–H and O–H groups in total. The van der Waals surface area contributed by atoms with Crippen molar-refractivity contribution in [2.45, 2.75) is 19.9 Å². The van der Waals surface area contributed by atoms with Crippen LogP contribution in [0, 0.1) is 6.92 Å². The standard InChI is InChI=1S/C13H18N4OS/c1-10-9-19-13(16-10)7-12-15-4-3-11(17-12)8-14-5-6-18-2/h3-4,9,14H,5-8H2,1-2H3. The van der Waals surface area contributed by atoms with E-state index < -0.39 is 0 Å². The number of aryl methyl sites for hydroxylation is 1. The van der Waals surface area contributed by atoms with Crippen LogP contribution in [-0.4, -0.2) is 35.2 Å². The number of rotatable bonds is 7. The number of ether oxygens (including phenoxy) is 1. The summed E-state index contributed by atoms with van der Waals surface area (Å²) in [7, 11) is 1.69. The minimum Gasteiger partial charge on any atom is -0.383 e. The second-order valence-electron chi connectivity index (χ2n) is 4.19. The van der Waals surface area contributed by atoms with Crippen molar-refractivity contribution < 1.29 is 4.74 Å². The van der Waals surface area contributed by atoms with Gasteiger partial charge in [0.15, 0.2) is 0 Å². The van der Waals surface area contributed by atoms with Crippen molar-refractivity contribution in [2.75, 3.05) is 20.3 Å². The van der Waals surface area contributed by atoms with Crippen molar-refractivity contribution in [3.63, 3.8) is 0 Å². The highest BCUT2D eigenvalue weighted by Gasteiger charge is 2.04. The van der Waals surface area contributed by atoms with Crippen LogP contribution in [0.4, 0.5) is 0 Å². The largest absolute Gasteiger partial charge is 0.383 e. The van der Waals surface area contributed by atoms with E-state index in [-0.39, 0.29) is 0 Å². The van der Waals surface area contributed by atoms with Crippen molar-refractivity contribution >= 4 is 11.3 Å². The van der Waals surface area contributed by atoms with Crippen LogP contribution in [0.2, 0.25) is 0 Å². The van der Waals surface area contributed by atoms with E-state index in [1.54, 1.807) is 24.6 Å². The van der Waals surface area contributed by atoms with E-state index in [9.17, 15) is 0 Å². The second-order valence-corrected chi connectivity index (χ2v) is 5.14. The van der Waals surface area contributed by atoms with Gasteiger partial charge in [-0.1, -0.05) is 0 Å². The fourth-order valence-electron chi connectivity index (χ4n) is 1.63. The van der Waals surface area contributed by atoms with Crippen LogP contribution in [0.25, 0.3) is 0 Å². The first kappa shape index (κ1) is 14.0. The first-order valence-corrected chi connectivity index (χ1v) is 7.07. The molecular weight excluding hydrogens is 260 g/mol. The molecule has 0 radical (unpaired) electrons. The Hall–Kier alpha value is -1.37. The molecule has 0 atom stereocenters. The topological polar surface area (TPSA) is 59.9 Å². The minimum absolute atomic E-state index is 0.699. The second kappa shape index (κ2) is 7.28. The van der Waals surface area contributed by atoms with Crippen LogP contribution in [0.1, 0.15) is 22.2 Å². The molecular formula is C13H18N4OS. The SMILES string of the molecule is COCCNCc1ccnc(Cc2nc(C)cs2)n1. The van der Waals surface area contributed by atoms with Crippen LogP contribution in [0.3, 0.4) is 0 Å². The fraction of sp³-hybridized carbons (Fsp3) is 0.462. The number of aromatic nitrogens is 3. The first-order valence-electron chi connectivity index (χ1n) is 6.19. The number of nitrogens with zero attached hydrogens (tertiary/aromatic N) is 3. The molecule has 0 fully saturated rings. The Kier molecular flexibility index (Phi) is 5.38. The van der Waals surface area contributed by atoms with Gasteiger partial charge in [0.05, 0.1) is 18.7 Å². The third kappa shape index (κ3) is 4.66. The third-order valence-electron chi connectivity index (χ3n) is 2.53. The molecule has 2 aromatic heterocycles. The Bertz CT molecular complexity index is 515. The van der Waals surface area contributed by atoms with Crippen LogP contribution in [0.5, 0.6) is 0 Å². The minimum atomic E-state index is 0.699. The summed E-state index contributed by atoms with van der Waals surface area (Å²) in [6.07, 6.45) is 2.50. The molecule has 2 heterocycles. The molecule has 0 aliphatic carbocycles. The van der Waals surface area contributed by atoms with Crippen molar-refractivity contribution in [1.29, 1.82) is 0 Å². The van der Waals surface area contributed by atoms with Gasteiger partial charge in [-0.25, -0.2) is 15.0 Å². The molecule has 0 aliphatic heterocycles. The molecule has 2 aromatic rings. The molecule has 0 aromatic carbocycles. The molecule has 0 saturated carbocycles. The third-order valence-corrected chi connectivity index (χ3v) is 3.49. The normalized spacial score (nSPS) is 10.8. The lowest BCUT2D eigenvalue weighted by Gasteiger charge is -2.04. The van der Waals surface area contributed by atoms with Crippen molar-refractivity contribution in [1.82, 2.24) is 20.3 Å². The number of hydrogen-bond donors (Lipinski definition) is 1. The van der Waals surface area contributed by atoms with E-state index in [0.29, 0.717) is 13.0 Å². The lowest BCUT2D eigenvalue weighted by molar-refractivity contribution is 0.199. The van der Waals surface area contributed by atoms with Gasteiger partial charge in [-0.05, 0) is 13.0 Å². The van der Waals surface area contributed by atoms with Gasteiger partial charge < -0.3 is 10.1 Å². The van der Waals surface area contributed by atoms with Gasteiger partial charge in [-0.15, -0.1) is 11.3 Å². The van der Waals surface area contributed by atoms with Gasteiger partial charge in [0.1, 0.15) is 10.8 Å². The number of nitrogens with one attached hydrogen (secondary N) is 1. The highest BCUT2D eigenvalue weighted by atomic mass is 32.1. The molecule has 6 heteroatoms. The summed E-state index contributed by atoms with van der Waals surface area (Å²) < 4.78 is 4.98. The monoisotopic (exact) mass is 278 g/mol. The maximum atomic E-state index is 4.98. The summed E-state index contributed by atoms with van der Waals surface area (Å²) in [5.74, 6) is 0.820. The van der Waals surface area contributed by atoms with Gasteiger partial charge in [0.25, 0.3) is 0 Å². The van der Waals surface area contributed by atoms with Crippen LogP contribution < -0.4 is 5.32 Å². The molecule has 0 spiro atoms. The van der Waals surface area contributed by atoms with E-state index in [0.717, 1.165) is 35.3 Å². The highest BCUT2D eigenvalue weighted by Crippen LogP contribution is 2.12. The summed E-state index contributed by atoms with van der Waals surface area (Å²) in [5.41, 5.74) is 2.05. The van der Waals surface area contributed by atoms with Crippen molar-refractivity contribution in [3.05, 3.63) is 39.9 Å². The van der Waals surface area contributed by atoms with E-state index in [1.807, 2.05) is 18.4 Å². The first-order chi connectivity index (χ1) is 9.28. The number of thiazole rings is 1. The van der Waals surface area contributed by atoms with Gasteiger partial charge in [0.2, 0.25) is 0 Å². The zero-order valence-corrected chi connectivity index (χ0v) is 12.0. The summed E-state index contributed by atoms with van der Waals surface area (Å²) in [6, 6.07) is 1.93. The summed E-state index contributed by atoms with van der Waals surface area (Å²) in [6.45, 7) is 4.25. The summed E-state index contributed by atoms with van der Waals surface area (Å²) in [5, 5.41) is 6.37. The predicted octanol–water partition coefficient (Wildman–Crippen LogP) is 1.57. The van der Waals surface area contributed by atoms with Gasteiger partial charge in [0, 0.05) is 37.5 Å². The molecule has 0 aliphatic rings. The maximum absolute atomic E-state index is 4.98. The Balaban J connectivity index is 1.91. The molecule has 19 heavy (non-hydrogen) atoms. The fourth-order valence-corrected chi connectivity index (χ4v) is 2.40. The molecule has 0 saturated heterocycles. The molecule has 5 nitrogen and oxygen atoms in total. The lowest BCUT2D eigenvalue weighted by Crippen LogP contribution is -2.19. The van der Waals surface area contributed by atoms with E-state index in [4.69, 9.17) is 4.74 Å². The van der Waals surface area contributed by atoms with Gasteiger partial charge >= 0.3 is 0 Å². The quantitative estimate of drug-likeness (QED) is 0.779. The van der Waals surface area contributed by atoms with E-state index >= 15 is 0 Å². The zero-order valence-electron chi connectivity index (χ0n) is 11.2. The maximum Gasteiger partial charge on any atom is 0.135 e. The Labute approximate surface area is 117 Å². The van der Waals surface area contributed by atoms with E-state index in [1.165, 1.54) is 0 Å². The average Bonchev–Trinajstić information content (AvgIpc) is 2.81. The molecule has 0 amide bonds. The summed E-state index contributed by atoms with van der Waals surface area (Å²) >= 11 is 1.65. The van der Waals surface area contributed by atoms with Crippen LogP contribution in [0.15, 0.2) is 17.6 Å². The summed E-state index contributed by atoms with van der Waals surface area (Å²) in [4.78, 5) is 13.2. The van der Waals surface area contributed by atoms with Crippen LogP contribution >= 0.6 is 11.3 Å². The highest BCUT2D eigenvalue weighted by molar-refractivity contribution is 7.09. The van der Waals surface area contributed by atoms with E-state index in [2.05, 4.69) is 20.3 Å². The predicted molar refractivity (Wildman–Crippen MR) is 75.3 cm³/mol. The average molecular weight is 278 g/mol. The Morgan fingerprint density at radius 3 is 3.00 bits per heavy atom. The van der Waals surface area contributed by atoms with Crippen molar-refractivity contribution in [3.8, 4) is 0 Å². The Morgan fingerprint density at radius 1 is 1.37 bits per heavy atom. The van der Waals surface area contributed by atoms with Gasteiger partial charge in [-0.3, -0.25) is 0 Å². The molecule has 0 unspecified atom stereocenters. The molecule has 2 rings (SSSR count). The molecule has 102 valence electrons. The molecule has 0 bridgehead atoms. The van der Waals surface area contributed by atoms with Crippen LogP contribution in [-0.2, 0) is 17.7 Å². The smallest absolute Gasteiger partial charge is 0.135 e. The zero-order chi connectivity index (χ0) is 13.5. The lowest BCUT2D eigenvalue weighted by atomic mass is 10.3. The van der Waals surface area contributed by atoms with Crippen molar-refractivity contribution in [2.24, 2.45) is 0 Å². The number of methoxy groups -OCH3 is 1.